The molecule has 0 atom stereocenters. The fraction of sp³-hybridized carbons (Fsp3) is 0.567. The highest BCUT2D eigenvalue weighted by Crippen LogP contribution is 2.46. The number of anilines is 1. The standard InChI is InChI=1S/C30H38FN5O2/c1-20(2)34-15-11-30(12-16-34)13-17-35(18-14-30)25-19-24(29(37)38-3)32-28-26(25)27(21-5-4-6-21)33-36(28)23-9-7-22(31)8-10-23/h7-10,19-21H,4-6,11-18H2,1-3H3. The molecule has 2 aliphatic heterocycles. The number of pyridine rings is 1. The minimum Gasteiger partial charge on any atom is -0.464 e. The van der Waals surface area contributed by atoms with Gasteiger partial charge in [0.15, 0.2) is 11.3 Å². The number of rotatable bonds is 5. The van der Waals surface area contributed by atoms with E-state index in [4.69, 9.17) is 14.8 Å². The second-order valence-electron chi connectivity index (χ2n) is 11.7. The number of piperidine rings is 2. The van der Waals surface area contributed by atoms with Crippen molar-refractivity contribution in [2.45, 2.75) is 70.8 Å². The Morgan fingerprint density at radius 2 is 1.71 bits per heavy atom. The fourth-order valence-electron chi connectivity index (χ4n) is 6.55. The molecule has 3 aliphatic rings. The molecule has 6 rings (SSSR count). The maximum atomic E-state index is 13.7. The molecule has 2 saturated heterocycles. The summed E-state index contributed by atoms with van der Waals surface area (Å²) in [6.45, 7) is 8.85. The van der Waals surface area contributed by atoms with Crippen molar-refractivity contribution in [3.8, 4) is 5.69 Å². The Bertz CT molecular complexity index is 1310. The number of benzene rings is 1. The summed E-state index contributed by atoms with van der Waals surface area (Å²) in [5.74, 6) is -0.380. The fourth-order valence-corrected chi connectivity index (χ4v) is 6.55. The van der Waals surface area contributed by atoms with Gasteiger partial charge in [0, 0.05) is 25.0 Å². The largest absolute Gasteiger partial charge is 0.464 e. The normalized spacial score (nSPS) is 20.3. The monoisotopic (exact) mass is 519 g/mol. The molecule has 1 saturated carbocycles. The zero-order valence-electron chi connectivity index (χ0n) is 22.8. The van der Waals surface area contributed by atoms with Crippen LogP contribution in [0, 0.1) is 11.2 Å². The third-order valence-electron chi connectivity index (χ3n) is 9.36. The maximum absolute atomic E-state index is 13.7. The van der Waals surface area contributed by atoms with Gasteiger partial charge in [0.2, 0.25) is 0 Å². The molecule has 1 spiro atoms. The number of halogens is 1. The molecule has 2 aromatic heterocycles. The molecule has 38 heavy (non-hydrogen) atoms. The lowest BCUT2D eigenvalue weighted by molar-refractivity contribution is 0.0593. The molecule has 3 aromatic rings. The number of methoxy groups -OCH3 is 1. The molecule has 202 valence electrons. The molecular weight excluding hydrogens is 481 g/mol. The minimum atomic E-state index is -0.459. The number of fused-ring (bicyclic) bond motifs is 1. The predicted octanol–water partition coefficient (Wildman–Crippen LogP) is 5.70. The molecule has 1 aliphatic carbocycles. The quantitative estimate of drug-likeness (QED) is 0.403. The van der Waals surface area contributed by atoms with Gasteiger partial charge in [-0.05, 0) is 101 Å². The van der Waals surface area contributed by atoms with Gasteiger partial charge in [-0.3, -0.25) is 0 Å². The van der Waals surface area contributed by atoms with E-state index in [-0.39, 0.29) is 11.5 Å². The summed E-state index contributed by atoms with van der Waals surface area (Å²) in [5.41, 5.74) is 4.14. The van der Waals surface area contributed by atoms with Crippen LogP contribution in [-0.2, 0) is 4.74 Å². The highest BCUT2D eigenvalue weighted by Gasteiger charge is 2.39. The number of esters is 1. The third kappa shape index (κ3) is 4.46. The van der Waals surface area contributed by atoms with Crippen LogP contribution in [0.3, 0.4) is 0 Å². The van der Waals surface area contributed by atoms with Gasteiger partial charge < -0.3 is 14.5 Å². The molecule has 0 amide bonds. The van der Waals surface area contributed by atoms with Gasteiger partial charge in [-0.15, -0.1) is 0 Å². The van der Waals surface area contributed by atoms with Crippen LogP contribution < -0.4 is 4.90 Å². The molecule has 3 fully saturated rings. The number of carbonyl (C=O) groups is 1. The Labute approximate surface area is 224 Å². The van der Waals surface area contributed by atoms with Crippen molar-refractivity contribution in [3.63, 3.8) is 0 Å². The summed E-state index contributed by atoms with van der Waals surface area (Å²) in [4.78, 5) is 22.5. The van der Waals surface area contributed by atoms with Crippen LogP contribution in [0.15, 0.2) is 30.3 Å². The van der Waals surface area contributed by atoms with Crippen LogP contribution in [0.5, 0.6) is 0 Å². The topological polar surface area (TPSA) is 63.5 Å². The zero-order chi connectivity index (χ0) is 26.4. The number of carbonyl (C=O) groups excluding carboxylic acids is 1. The third-order valence-corrected chi connectivity index (χ3v) is 9.36. The van der Waals surface area contributed by atoms with Crippen molar-refractivity contribution in [3.05, 3.63) is 47.5 Å². The molecule has 4 heterocycles. The molecule has 0 unspecified atom stereocenters. The molecule has 1 aromatic carbocycles. The van der Waals surface area contributed by atoms with E-state index in [1.807, 2.05) is 6.07 Å². The van der Waals surface area contributed by atoms with Gasteiger partial charge in [-0.2, -0.15) is 5.10 Å². The summed E-state index contributed by atoms with van der Waals surface area (Å²) in [5, 5.41) is 6.07. The van der Waals surface area contributed by atoms with E-state index in [9.17, 15) is 9.18 Å². The van der Waals surface area contributed by atoms with Crippen molar-refractivity contribution >= 4 is 22.7 Å². The van der Waals surface area contributed by atoms with Crippen molar-refractivity contribution < 1.29 is 13.9 Å². The second-order valence-corrected chi connectivity index (χ2v) is 11.7. The van der Waals surface area contributed by atoms with Gasteiger partial charge in [-0.25, -0.2) is 18.9 Å². The summed E-state index contributed by atoms with van der Waals surface area (Å²) < 4.78 is 20.6. The molecular formula is C30H38FN5O2. The highest BCUT2D eigenvalue weighted by molar-refractivity contribution is 5.99. The van der Waals surface area contributed by atoms with Gasteiger partial charge in [0.05, 0.1) is 29.6 Å². The molecule has 0 bridgehead atoms. The van der Waals surface area contributed by atoms with Crippen molar-refractivity contribution in [2.24, 2.45) is 5.41 Å². The zero-order valence-corrected chi connectivity index (χ0v) is 22.8. The van der Waals surface area contributed by atoms with Crippen molar-refractivity contribution in [1.29, 1.82) is 0 Å². The van der Waals surface area contributed by atoms with Crippen LogP contribution in [0.2, 0.25) is 0 Å². The van der Waals surface area contributed by atoms with E-state index >= 15 is 0 Å². The van der Waals surface area contributed by atoms with E-state index in [2.05, 4.69) is 23.6 Å². The van der Waals surface area contributed by atoms with Crippen molar-refractivity contribution in [1.82, 2.24) is 19.7 Å². The molecule has 0 N–H and O–H groups in total. The second kappa shape index (κ2) is 9.95. The molecule has 0 radical (unpaired) electrons. The Balaban J connectivity index is 1.40. The lowest BCUT2D eigenvalue weighted by Gasteiger charge is -2.48. The predicted molar refractivity (Wildman–Crippen MR) is 147 cm³/mol. The van der Waals surface area contributed by atoms with Gasteiger partial charge in [-0.1, -0.05) is 6.42 Å². The highest BCUT2D eigenvalue weighted by atomic mass is 19.1. The molecule has 8 heteroatoms. The number of hydrogen-bond acceptors (Lipinski definition) is 6. The summed E-state index contributed by atoms with van der Waals surface area (Å²) >= 11 is 0. The van der Waals surface area contributed by atoms with Crippen molar-refractivity contribution in [2.75, 3.05) is 38.2 Å². The summed E-state index contributed by atoms with van der Waals surface area (Å²) in [6.07, 6.45) is 8.22. The first-order valence-electron chi connectivity index (χ1n) is 14.1. The maximum Gasteiger partial charge on any atom is 0.356 e. The number of aromatic nitrogens is 3. The Morgan fingerprint density at radius 3 is 2.29 bits per heavy atom. The van der Waals surface area contributed by atoms with Crippen LogP contribution in [0.4, 0.5) is 10.1 Å². The summed E-state index contributed by atoms with van der Waals surface area (Å²) in [6, 6.07) is 8.82. The lowest BCUT2D eigenvalue weighted by atomic mass is 9.71. The summed E-state index contributed by atoms with van der Waals surface area (Å²) in [7, 11) is 1.39. The Morgan fingerprint density at radius 1 is 1.05 bits per heavy atom. The first-order valence-corrected chi connectivity index (χ1v) is 14.1. The number of ether oxygens (including phenoxy) is 1. The van der Waals surface area contributed by atoms with E-state index in [1.165, 1.54) is 51.6 Å². The minimum absolute atomic E-state index is 0.281. The number of hydrogen-bond donors (Lipinski definition) is 0. The van der Waals surface area contributed by atoms with E-state index in [1.54, 1.807) is 16.8 Å². The van der Waals surface area contributed by atoms with Crippen LogP contribution in [0.25, 0.3) is 16.7 Å². The SMILES string of the molecule is COC(=O)c1cc(N2CCC3(CC2)CCN(C(C)C)CC3)c2c(C3CCC3)nn(-c3ccc(F)cc3)c2n1. The van der Waals surface area contributed by atoms with E-state index < -0.39 is 5.97 Å². The van der Waals surface area contributed by atoms with E-state index in [0.717, 1.165) is 61.2 Å². The number of likely N-dealkylation sites (tertiary alicyclic amines) is 1. The van der Waals surface area contributed by atoms with Gasteiger partial charge in [0.25, 0.3) is 0 Å². The first kappa shape index (κ1) is 25.3. The first-order chi connectivity index (χ1) is 18.4. The van der Waals surface area contributed by atoms with Crippen LogP contribution in [-0.4, -0.2) is 65.0 Å². The van der Waals surface area contributed by atoms with Gasteiger partial charge >= 0.3 is 5.97 Å². The smallest absolute Gasteiger partial charge is 0.356 e. The van der Waals surface area contributed by atoms with Crippen LogP contribution in [0.1, 0.15) is 80.9 Å². The average molecular weight is 520 g/mol. The van der Waals surface area contributed by atoms with Crippen LogP contribution >= 0.6 is 0 Å². The van der Waals surface area contributed by atoms with E-state index in [0.29, 0.717) is 23.0 Å². The Hall–Kier alpha value is -3.00. The van der Waals surface area contributed by atoms with Gasteiger partial charge in [0.1, 0.15) is 5.82 Å². The lowest BCUT2D eigenvalue weighted by Crippen LogP contribution is -2.48. The Kier molecular flexibility index (Phi) is 6.62. The molecule has 7 nitrogen and oxygen atoms in total. The average Bonchev–Trinajstić information content (AvgIpc) is 3.27. The number of nitrogens with zero attached hydrogens (tertiary/aromatic N) is 5.